The molecule has 0 bridgehead atoms. The number of para-hydroxylation sites is 2. The molecule has 0 aliphatic heterocycles. The highest BCUT2D eigenvalue weighted by atomic mass is 15.1. The highest BCUT2D eigenvalue weighted by Gasteiger charge is 2.09. The van der Waals surface area contributed by atoms with Crippen molar-refractivity contribution < 1.29 is 0 Å². The van der Waals surface area contributed by atoms with Crippen LogP contribution in [0.15, 0.2) is 24.3 Å². The Kier molecular flexibility index (Phi) is 9.65. The molecule has 0 aliphatic carbocycles. The Morgan fingerprint density at radius 3 is 2.24 bits per heavy atom. The minimum atomic E-state index is 0.846. The minimum Gasteiger partial charge on any atom is -0.330 e. The number of nitrogens with zero attached hydrogens (tertiary/aromatic N) is 2. The zero-order chi connectivity index (χ0) is 17.7. The number of hydrogen-bond donors (Lipinski definition) is 1. The summed E-state index contributed by atoms with van der Waals surface area (Å²) in [4.78, 5) is 4.91. The third-order valence-corrected chi connectivity index (χ3v) is 5.07. The summed E-state index contributed by atoms with van der Waals surface area (Å²) in [6.07, 6.45) is 15.5. The van der Waals surface area contributed by atoms with Crippen molar-refractivity contribution in [1.29, 1.82) is 0 Å². The van der Waals surface area contributed by atoms with Crippen LogP contribution >= 0.6 is 0 Å². The second-order valence-electron chi connectivity index (χ2n) is 7.24. The van der Waals surface area contributed by atoms with Crippen molar-refractivity contribution in [2.75, 3.05) is 6.54 Å². The fourth-order valence-electron chi connectivity index (χ4n) is 3.57. The van der Waals surface area contributed by atoms with Crippen molar-refractivity contribution in [3.05, 3.63) is 30.1 Å². The third kappa shape index (κ3) is 6.81. The Morgan fingerprint density at radius 1 is 0.840 bits per heavy atom. The van der Waals surface area contributed by atoms with Crippen LogP contribution < -0.4 is 5.73 Å². The molecule has 1 heterocycles. The molecule has 3 heteroatoms. The van der Waals surface area contributed by atoms with Crippen molar-refractivity contribution in [1.82, 2.24) is 9.55 Å². The fraction of sp³-hybridized carbons (Fsp3) is 0.682. The molecule has 0 spiro atoms. The molecular formula is C22H37N3. The van der Waals surface area contributed by atoms with Gasteiger partial charge >= 0.3 is 0 Å². The summed E-state index contributed by atoms with van der Waals surface area (Å²) in [5.41, 5.74) is 8.01. The molecule has 1 aromatic heterocycles. The van der Waals surface area contributed by atoms with Crippen LogP contribution in [0.5, 0.6) is 0 Å². The van der Waals surface area contributed by atoms with Crippen LogP contribution in [0.3, 0.4) is 0 Å². The molecule has 0 saturated carbocycles. The van der Waals surface area contributed by atoms with Gasteiger partial charge in [-0.1, -0.05) is 70.4 Å². The molecule has 25 heavy (non-hydrogen) atoms. The lowest BCUT2D eigenvalue weighted by Crippen LogP contribution is -2.04. The quantitative estimate of drug-likeness (QED) is 0.437. The summed E-state index contributed by atoms with van der Waals surface area (Å²) < 4.78 is 2.47. The molecule has 140 valence electrons. The minimum absolute atomic E-state index is 0.846. The number of unbranched alkanes of at least 4 members (excludes halogenated alkanes) is 9. The number of aromatic nitrogens is 2. The molecular weight excluding hydrogens is 306 g/mol. The molecule has 0 atom stereocenters. The third-order valence-electron chi connectivity index (χ3n) is 5.07. The molecule has 2 aromatic rings. The molecule has 0 saturated heterocycles. The van der Waals surface area contributed by atoms with Gasteiger partial charge in [0.25, 0.3) is 0 Å². The van der Waals surface area contributed by atoms with Gasteiger partial charge in [0.2, 0.25) is 0 Å². The summed E-state index contributed by atoms with van der Waals surface area (Å²) in [6, 6.07) is 8.60. The van der Waals surface area contributed by atoms with E-state index in [0.29, 0.717) is 0 Å². The number of imidazole rings is 1. The summed E-state index contributed by atoms with van der Waals surface area (Å²) in [7, 11) is 0. The lowest BCUT2D eigenvalue weighted by Gasteiger charge is -2.09. The molecule has 2 N–H and O–H groups in total. The van der Waals surface area contributed by atoms with Gasteiger partial charge in [-0.2, -0.15) is 0 Å². The van der Waals surface area contributed by atoms with E-state index in [1.54, 1.807) is 0 Å². The predicted molar refractivity (Wildman–Crippen MR) is 109 cm³/mol. The Morgan fingerprint density at radius 2 is 1.52 bits per heavy atom. The van der Waals surface area contributed by atoms with Crippen molar-refractivity contribution in [2.24, 2.45) is 5.73 Å². The van der Waals surface area contributed by atoms with Crippen LogP contribution in [0.2, 0.25) is 0 Å². The molecule has 0 amide bonds. The molecule has 0 aliphatic rings. The Bertz CT molecular complexity index is 588. The lowest BCUT2D eigenvalue weighted by atomic mass is 10.1. The molecule has 0 unspecified atom stereocenters. The van der Waals surface area contributed by atoms with E-state index >= 15 is 0 Å². The topological polar surface area (TPSA) is 43.8 Å². The van der Waals surface area contributed by atoms with Gasteiger partial charge in [0.1, 0.15) is 5.82 Å². The van der Waals surface area contributed by atoms with E-state index in [1.165, 1.54) is 82.0 Å². The maximum Gasteiger partial charge on any atom is 0.109 e. The molecule has 0 fully saturated rings. The smallest absolute Gasteiger partial charge is 0.109 e. The standard InChI is InChI=1S/C22H37N3/c1-2-3-14-19-25-21-16-12-11-15-20(21)24-22(25)17-10-8-6-4-5-7-9-13-18-23/h11-12,15-16H,2-10,13-14,17-19,23H2,1H3. The highest BCUT2D eigenvalue weighted by molar-refractivity contribution is 5.75. The Labute approximate surface area is 154 Å². The van der Waals surface area contributed by atoms with Gasteiger partial charge in [-0.05, 0) is 37.9 Å². The van der Waals surface area contributed by atoms with E-state index in [2.05, 4.69) is 35.8 Å². The summed E-state index contributed by atoms with van der Waals surface area (Å²) in [6.45, 7) is 4.23. The molecule has 3 nitrogen and oxygen atoms in total. The van der Waals surface area contributed by atoms with Gasteiger partial charge in [-0.3, -0.25) is 0 Å². The maximum absolute atomic E-state index is 5.53. The number of nitrogens with two attached hydrogens (primary N) is 1. The lowest BCUT2D eigenvalue weighted by molar-refractivity contribution is 0.551. The predicted octanol–water partition coefficient (Wildman–Crippen LogP) is 5.85. The van der Waals surface area contributed by atoms with Crippen LogP contribution in [0.4, 0.5) is 0 Å². The molecule has 2 rings (SSSR count). The summed E-state index contributed by atoms with van der Waals surface area (Å²) in [5, 5.41) is 0. The van der Waals surface area contributed by atoms with Crippen LogP contribution in [0.1, 0.15) is 83.4 Å². The fourth-order valence-corrected chi connectivity index (χ4v) is 3.57. The van der Waals surface area contributed by atoms with Gasteiger partial charge in [-0.25, -0.2) is 4.98 Å². The number of aryl methyl sites for hydroxylation is 2. The van der Waals surface area contributed by atoms with E-state index in [-0.39, 0.29) is 0 Å². The van der Waals surface area contributed by atoms with Crippen molar-refractivity contribution in [3.8, 4) is 0 Å². The van der Waals surface area contributed by atoms with Gasteiger partial charge in [0.15, 0.2) is 0 Å². The summed E-state index contributed by atoms with van der Waals surface area (Å²) in [5.74, 6) is 1.29. The van der Waals surface area contributed by atoms with E-state index in [0.717, 1.165) is 25.0 Å². The first-order valence-electron chi connectivity index (χ1n) is 10.5. The maximum atomic E-state index is 5.53. The SMILES string of the molecule is CCCCCn1c(CCCCCCCCCCN)nc2ccccc21. The van der Waals surface area contributed by atoms with E-state index in [1.807, 2.05) is 0 Å². The highest BCUT2D eigenvalue weighted by Crippen LogP contribution is 2.19. The largest absolute Gasteiger partial charge is 0.330 e. The van der Waals surface area contributed by atoms with Gasteiger partial charge in [-0.15, -0.1) is 0 Å². The van der Waals surface area contributed by atoms with E-state index in [9.17, 15) is 0 Å². The van der Waals surface area contributed by atoms with Crippen molar-refractivity contribution in [2.45, 2.75) is 90.5 Å². The Hall–Kier alpha value is -1.35. The van der Waals surface area contributed by atoms with E-state index < -0.39 is 0 Å². The number of hydrogen-bond acceptors (Lipinski definition) is 2. The first-order valence-corrected chi connectivity index (χ1v) is 10.5. The monoisotopic (exact) mass is 343 g/mol. The first-order chi connectivity index (χ1) is 12.4. The number of benzene rings is 1. The number of fused-ring (bicyclic) bond motifs is 1. The normalized spacial score (nSPS) is 11.4. The van der Waals surface area contributed by atoms with E-state index in [4.69, 9.17) is 10.7 Å². The second kappa shape index (κ2) is 12.1. The second-order valence-corrected chi connectivity index (χ2v) is 7.24. The van der Waals surface area contributed by atoms with Gasteiger partial charge in [0.05, 0.1) is 11.0 Å². The molecule has 0 radical (unpaired) electrons. The van der Waals surface area contributed by atoms with Crippen LogP contribution in [0, 0.1) is 0 Å². The zero-order valence-electron chi connectivity index (χ0n) is 16.2. The van der Waals surface area contributed by atoms with Crippen LogP contribution in [-0.4, -0.2) is 16.1 Å². The van der Waals surface area contributed by atoms with Crippen molar-refractivity contribution in [3.63, 3.8) is 0 Å². The van der Waals surface area contributed by atoms with Crippen molar-refractivity contribution >= 4 is 11.0 Å². The van der Waals surface area contributed by atoms with Gasteiger partial charge in [0, 0.05) is 13.0 Å². The van der Waals surface area contributed by atoms with Crippen LogP contribution in [0.25, 0.3) is 11.0 Å². The molecule has 1 aromatic carbocycles. The Balaban J connectivity index is 1.76. The first kappa shape index (κ1) is 20.0. The van der Waals surface area contributed by atoms with Gasteiger partial charge < -0.3 is 10.3 Å². The summed E-state index contributed by atoms with van der Waals surface area (Å²) >= 11 is 0. The zero-order valence-corrected chi connectivity index (χ0v) is 16.2. The van der Waals surface area contributed by atoms with Crippen LogP contribution in [-0.2, 0) is 13.0 Å². The average Bonchev–Trinajstić information content (AvgIpc) is 2.98. The number of rotatable bonds is 14. The average molecular weight is 344 g/mol.